The van der Waals surface area contributed by atoms with Crippen LogP contribution in [0, 0.1) is 11.7 Å². The van der Waals surface area contributed by atoms with Crippen LogP contribution in [0.3, 0.4) is 0 Å². The predicted molar refractivity (Wildman–Crippen MR) is 81.8 cm³/mol. The Kier molecular flexibility index (Phi) is 4.20. The molecule has 1 aliphatic rings. The van der Waals surface area contributed by atoms with Crippen molar-refractivity contribution in [1.82, 2.24) is 0 Å². The lowest BCUT2D eigenvalue weighted by atomic mass is 9.92. The van der Waals surface area contributed by atoms with Crippen molar-refractivity contribution in [2.24, 2.45) is 11.7 Å². The molecule has 0 spiro atoms. The highest BCUT2D eigenvalue weighted by molar-refractivity contribution is 5.37. The Morgan fingerprint density at radius 3 is 2.81 bits per heavy atom. The molecule has 0 radical (unpaired) electrons. The molecule has 21 heavy (non-hydrogen) atoms. The van der Waals surface area contributed by atoms with E-state index in [9.17, 15) is 4.39 Å². The fourth-order valence-corrected chi connectivity index (χ4v) is 3.02. The van der Waals surface area contributed by atoms with Gasteiger partial charge in [-0.05, 0) is 54.6 Å². The molecule has 3 heteroatoms. The monoisotopic (exact) mass is 285 g/mol. The van der Waals surface area contributed by atoms with Crippen LogP contribution in [-0.2, 0) is 12.8 Å². The SMILES string of the molecule is NCC(Cc1cccc(F)c1)CC1Cc2ccccc2O1. The molecule has 0 bridgehead atoms. The van der Waals surface area contributed by atoms with Crippen LogP contribution < -0.4 is 10.5 Å². The van der Waals surface area contributed by atoms with Crippen molar-refractivity contribution in [1.29, 1.82) is 0 Å². The molecule has 0 aromatic heterocycles. The van der Waals surface area contributed by atoms with Crippen LogP contribution >= 0.6 is 0 Å². The molecule has 0 saturated carbocycles. The molecular weight excluding hydrogens is 265 g/mol. The summed E-state index contributed by atoms with van der Waals surface area (Å²) < 4.78 is 19.2. The van der Waals surface area contributed by atoms with Crippen LogP contribution in [0.4, 0.5) is 4.39 Å². The number of rotatable bonds is 5. The van der Waals surface area contributed by atoms with Gasteiger partial charge in [-0.3, -0.25) is 0 Å². The van der Waals surface area contributed by atoms with Crippen LogP contribution in [-0.4, -0.2) is 12.6 Å². The Bertz CT molecular complexity index is 589. The zero-order chi connectivity index (χ0) is 14.7. The Labute approximate surface area is 124 Å². The first-order valence-electron chi connectivity index (χ1n) is 7.43. The van der Waals surface area contributed by atoms with Crippen molar-refractivity contribution >= 4 is 0 Å². The van der Waals surface area contributed by atoms with Gasteiger partial charge in [0.05, 0.1) is 0 Å². The number of para-hydroxylation sites is 1. The van der Waals surface area contributed by atoms with Crippen LogP contribution in [0.15, 0.2) is 48.5 Å². The lowest BCUT2D eigenvalue weighted by Gasteiger charge is -2.19. The summed E-state index contributed by atoms with van der Waals surface area (Å²) in [6.45, 7) is 0.590. The molecule has 2 N–H and O–H groups in total. The molecule has 2 nitrogen and oxygen atoms in total. The van der Waals surface area contributed by atoms with E-state index in [2.05, 4.69) is 6.07 Å². The summed E-state index contributed by atoms with van der Waals surface area (Å²) in [5, 5.41) is 0. The predicted octanol–water partition coefficient (Wildman–Crippen LogP) is 3.34. The van der Waals surface area contributed by atoms with Crippen LogP contribution in [0.2, 0.25) is 0 Å². The third-order valence-corrected chi connectivity index (χ3v) is 4.06. The van der Waals surface area contributed by atoms with Gasteiger partial charge in [-0.15, -0.1) is 0 Å². The van der Waals surface area contributed by atoms with Gasteiger partial charge in [-0.25, -0.2) is 4.39 Å². The molecule has 1 heterocycles. The topological polar surface area (TPSA) is 35.2 Å². The van der Waals surface area contributed by atoms with E-state index in [1.54, 1.807) is 12.1 Å². The number of nitrogens with two attached hydrogens (primary N) is 1. The van der Waals surface area contributed by atoms with Crippen LogP contribution in [0.5, 0.6) is 5.75 Å². The first-order valence-corrected chi connectivity index (χ1v) is 7.43. The number of benzene rings is 2. The van der Waals surface area contributed by atoms with E-state index in [0.717, 1.165) is 30.6 Å². The standard InChI is InChI=1S/C18H20FNO/c19-16-6-3-4-13(9-16)8-14(12-20)10-17-11-15-5-1-2-7-18(15)21-17/h1-7,9,14,17H,8,10-12,20H2. The normalized spacial score (nSPS) is 18.1. The highest BCUT2D eigenvalue weighted by Crippen LogP contribution is 2.31. The zero-order valence-corrected chi connectivity index (χ0v) is 12.0. The molecule has 0 amide bonds. The maximum atomic E-state index is 13.2. The Hall–Kier alpha value is -1.87. The van der Waals surface area contributed by atoms with Gasteiger partial charge in [0.15, 0.2) is 0 Å². The summed E-state index contributed by atoms with van der Waals surface area (Å²) in [7, 11) is 0. The first kappa shape index (κ1) is 14.1. The summed E-state index contributed by atoms with van der Waals surface area (Å²) >= 11 is 0. The van der Waals surface area contributed by atoms with Crippen molar-refractivity contribution in [2.45, 2.75) is 25.4 Å². The third kappa shape index (κ3) is 3.42. The van der Waals surface area contributed by atoms with Gasteiger partial charge < -0.3 is 10.5 Å². The molecule has 0 saturated heterocycles. The van der Waals surface area contributed by atoms with E-state index < -0.39 is 0 Å². The lowest BCUT2D eigenvalue weighted by molar-refractivity contribution is 0.194. The van der Waals surface area contributed by atoms with E-state index in [1.807, 2.05) is 24.3 Å². The van der Waals surface area contributed by atoms with E-state index >= 15 is 0 Å². The molecule has 2 atom stereocenters. The Morgan fingerprint density at radius 2 is 2.05 bits per heavy atom. The van der Waals surface area contributed by atoms with E-state index in [1.165, 1.54) is 11.6 Å². The van der Waals surface area contributed by atoms with Gasteiger partial charge in [0.1, 0.15) is 17.7 Å². The van der Waals surface area contributed by atoms with Crippen molar-refractivity contribution < 1.29 is 9.13 Å². The summed E-state index contributed by atoms with van der Waals surface area (Å²) in [4.78, 5) is 0. The Morgan fingerprint density at radius 1 is 1.19 bits per heavy atom. The summed E-state index contributed by atoms with van der Waals surface area (Å²) in [6, 6.07) is 14.9. The largest absolute Gasteiger partial charge is 0.490 e. The second-order valence-electron chi connectivity index (χ2n) is 5.72. The van der Waals surface area contributed by atoms with Gasteiger partial charge in [-0.2, -0.15) is 0 Å². The minimum atomic E-state index is -0.187. The molecular formula is C18H20FNO. The molecule has 2 unspecified atom stereocenters. The summed E-state index contributed by atoms with van der Waals surface area (Å²) in [5.41, 5.74) is 8.16. The average molecular weight is 285 g/mol. The van der Waals surface area contributed by atoms with Crippen LogP contribution in [0.25, 0.3) is 0 Å². The second kappa shape index (κ2) is 6.27. The molecule has 1 aliphatic heterocycles. The molecule has 2 aromatic carbocycles. The van der Waals surface area contributed by atoms with Crippen molar-refractivity contribution in [2.75, 3.05) is 6.54 Å². The van der Waals surface area contributed by atoms with Gasteiger partial charge in [0.2, 0.25) is 0 Å². The number of ether oxygens (including phenoxy) is 1. The van der Waals surface area contributed by atoms with E-state index in [0.29, 0.717) is 12.5 Å². The maximum Gasteiger partial charge on any atom is 0.123 e. The maximum absolute atomic E-state index is 13.2. The number of hydrogen-bond acceptors (Lipinski definition) is 2. The van der Waals surface area contributed by atoms with Crippen molar-refractivity contribution in [3.63, 3.8) is 0 Å². The fourth-order valence-electron chi connectivity index (χ4n) is 3.02. The van der Waals surface area contributed by atoms with Crippen molar-refractivity contribution in [3.8, 4) is 5.75 Å². The van der Waals surface area contributed by atoms with Crippen molar-refractivity contribution in [3.05, 3.63) is 65.5 Å². The first-order chi connectivity index (χ1) is 10.2. The number of halogens is 1. The van der Waals surface area contributed by atoms with E-state index in [-0.39, 0.29) is 11.9 Å². The minimum Gasteiger partial charge on any atom is -0.490 e. The van der Waals surface area contributed by atoms with Gasteiger partial charge in [0, 0.05) is 6.42 Å². The zero-order valence-electron chi connectivity index (χ0n) is 12.0. The van der Waals surface area contributed by atoms with Gasteiger partial charge >= 0.3 is 0 Å². The molecule has 3 rings (SSSR count). The highest BCUT2D eigenvalue weighted by atomic mass is 19.1. The quantitative estimate of drug-likeness (QED) is 0.914. The fraction of sp³-hybridized carbons (Fsp3) is 0.333. The third-order valence-electron chi connectivity index (χ3n) is 4.06. The minimum absolute atomic E-state index is 0.185. The van der Waals surface area contributed by atoms with Crippen LogP contribution in [0.1, 0.15) is 17.5 Å². The van der Waals surface area contributed by atoms with E-state index in [4.69, 9.17) is 10.5 Å². The van der Waals surface area contributed by atoms with Gasteiger partial charge in [0.25, 0.3) is 0 Å². The van der Waals surface area contributed by atoms with Gasteiger partial charge in [-0.1, -0.05) is 30.3 Å². The molecule has 0 fully saturated rings. The lowest BCUT2D eigenvalue weighted by Crippen LogP contribution is -2.25. The highest BCUT2D eigenvalue weighted by Gasteiger charge is 2.25. The average Bonchev–Trinajstić information content (AvgIpc) is 2.89. The Balaban J connectivity index is 1.61. The number of hydrogen-bond donors (Lipinski definition) is 1. The number of fused-ring (bicyclic) bond motifs is 1. The smallest absolute Gasteiger partial charge is 0.123 e. The molecule has 2 aromatic rings. The molecule has 110 valence electrons. The second-order valence-corrected chi connectivity index (χ2v) is 5.72. The summed E-state index contributed by atoms with van der Waals surface area (Å²) in [5.74, 6) is 1.11. The molecule has 0 aliphatic carbocycles. The summed E-state index contributed by atoms with van der Waals surface area (Å²) in [6.07, 6.45) is 2.83.